The standard InChI is InChI=1S/C8H18N2O2/c1-3-4-7(9)8(12)10-5-6(2)11/h6-7,11H,3-5,9H2,1-2H3,(H,10,12)/t6?,7-/m0/s1. The van der Waals surface area contributed by atoms with Crippen molar-refractivity contribution in [1.82, 2.24) is 5.32 Å². The van der Waals surface area contributed by atoms with E-state index in [1.807, 2.05) is 6.92 Å². The fourth-order valence-electron chi connectivity index (χ4n) is 0.821. The van der Waals surface area contributed by atoms with Crippen molar-refractivity contribution in [2.75, 3.05) is 6.54 Å². The van der Waals surface area contributed by atoms with Gasteiger partial charge in [-0.15, -0.1) is 0 Å². The summed E-state index contributed by atoms with van der Waals surface area (Å²) in [5.74, 6) is -0.183. The number of hydrogen-bond acceptors (Lipinski definition) is 3. The number of nitrogens with one attached hydrogen (secondary N) is 1. The first kappa shape index (κ1) is 11.4. The van der Waals surface area contributed by atoms with Gasteiger partial charge in [0.2, 0.25) is 5.91 Å². The predicted molar refractivity (Wildman–Crippen MR) is 47.6 cm³/mol. The first-order valence-corrected chi connectivity index (χ1v) is 4.29. The Balaban J connectivity index is 3.57. The Bertz CT molecular complexity index is 137. The second-order valence-electron chi connectivity index (χ2n) is 2.99. The van der Waals surface area contributed by atoms with Crippen LogP contribution in [0.1, 0.15) is 26.7 Å². The summed E-state index contributed by atoms with van der Waals surface area (Å²) in [6.45, 7) is 3.86. The fourth-order valence-corrected chi connectivity index (χ4v) is 0.821. The monoisotopic (exact) mass is 174 g/mol. The molecule has 1 amide bonds. The predicted octanol–water partition coefficient (Wildman–Crippen LogP) is -0.389. The van der Waals surface area contributed by atoms with Crippen LogP contribution in [0.2, 0.25) is 0 Å². The molecule has 1 unspecified atom stereocenters. The third-order valence-corrected chi connectivity index (χ3v) is 1.51. The zero-order valence-electron chi connectivity index (χ0n) is 7.71. The summed E-state index contributed by atoms with van der Waals surface area (Å²) in [6.07, 6.45) is 1.07. The van der Waals surface area contributed by atoms with Gasteiger partial charge in [-0.2, -0.15) is 0 Å². The summed E-state index contributed by atoms with van der Waals surface area (Å²) in [6, 6.07) is -0.436. The van der Waals surface area contributed by atoms with Gasteiger partial charge in [0.1, 0.15) is 0 Å². The molecule has 0 saturated heterocycles. The number of carbonyl (C=O) groups excluding carboxylic acids is 1. The second-order valence-corrected chi connectivity index (χ2v) is 2.99. The van der Waals surface area contributed by atoms with E-state index < -0.39 is 12.1 Å². The Morgan fingerprint density at radius 2 is 2.25 bits per heavy atom. The number of aliphatic hydroxyl groups is 1. The normalized spacial score (nSPS) is 15.3. The zero-order valence-corrected chi connectivity index (χ0v) is 7.71. The highest BCUT2D eigenvalue weighted by molar-refractivity contribution is 5.81. The molecule has 0 spiro atoms. The number of hydrogen-bond donors (Lipinski definition) is 3. The lowest BCUT2D eigenvalue weighted by atomic mass is 10.1. The summed E-state index contributed by atoms with van der Waals surface area (Å²) in [4.78, 5) is 11.1. The van der Waals surface area contributed by atoms with Gasteiger partial charge >= 0.3 is 0 Å². The van der Waals surface area contributed by atoms with E-state index in [0.717, 1.165) is 6.42 Å². The van der Waals surface area contributed by atoms with Crippen molar-refractivity contribution in [3.8, 4) is 0 Å². The lowest BCUT2D eigenvalue weighted by molar-refractivity contribution is -0.122. The SMILES string of the molecule is CCC[C@H](N)C(=O)NCC(C)O. The second kappa shape index (κ2) is 5.97. The summed E-state index contributed by atoms with van der Waals surface area (Å²) in [5, 5.41) is 11.4. The van der Waals surface area contributed by atoms with Gasteiger partial charge in [-0.3, -0.25) is 4.79 Å². The first-order valence-electron chi connectivity index (χ1n) is 4.29. The molecule has 0 rings (SSSR count). The first-order chi connectivity index (χ1) is 5.57. The van der Waals surface area contributed by atoms with Crippen LogP contribution in [-0.2, 0) is 4.79 Å². The molecular formula is C8H18N2O2. The largest absolute Gasteiger partial charge is 0.392 e. The van der Waals surface area contributed by atoms with Crippen LogP contribution in [0.15, 0.2) is 0 Å². The maximum Gasteiger partial charge on any atom is 0.237 e. The maximum atomic E-state index is 11.1. The smallest absolute Gasteiger partial charge is 0.237 e. The minimum absolute atomic E-state index is 0.183. The summed E-state index contributed by atoms with van der Waals surface area (Å²) < 4.78 is 0. The van der Waals surface area contributed by atoms with E-state index in [-0.39, 0.29) is 12.5 Å². The number of amides is 1. The average molecular weight is 174 g/mol. The van der Waals surface area contributed by atoms with Crippen LogP contribution in [0, 0.1) is 0 Å². The van der Waals surface area contributed by atoms with E-state index in [1.165, 1.54) is 0 Å². The van der Waals surface area contributed by atoms with Crippen molar-refractivity contribution < 1.29 is 9.90 Å². The highest BCUT2D eigenvalue weighted by Gasteiger charge is 2.11. The lowest BCUT2D eigenvalue weighted by Gasteiger charge is -2.11. The van der Waals surface area contributed by atoms with Crippen LogP contribution >= 0.6 is 0 Å². The van der Waals surface area contributed by atoms with E-state index in [2.05, 4.69) is 5.32 Å². The Morgan fingerprint density at radius 3 is 2.67 bits per heavy atom. The molecule has 0 aromatic rings. The molecule has 12 heavy (non-hydrogen) atoms. The highest BCUT2D eigenvalue weighted by Crippen LogP contribution is 1.92. The van der Waals surface area contributed by atoms with Crippen molar-refractivity contribution in [1.29, 1.82) is 0 Å². The molecular weight excluding hydrogens is 156 g/mol. The molecule has 0 fully saturated rings. The van der Waals surface area contributed by atoms with Crippen molar-refractivity contribution in [2.45, 2.75) is 38.8 Å². The zero-order chi connectivity index (χ0) is 9.56. The quantitative estimate of drug-likeness (QED) is 0.531. The molecule has 2 atom stereocenters. The Kier molecular flexibility index (Phi) is 5.66. The van der Waals surface area contributed by atoms with Gasteiger partial charge in [-0.05, 0) is 13.3 Å². The summed E-state index contributed by atoms with van der Waals surface area (Å²) in [7, 11) is 0. The number of rotatable bonds is 5. The van der Waals surface area contributed by atoms with E-state index in [1.54, 1.807) is 6.92 Å². The van der Waals surface area contributed by atoms with Gasteiger partial charge in [-0.25, -0.2) is 0 Å². The summed E-state index contributed by atoms with van der Waals surface area (Å²) in [5.41, 5.74) is 5.52. The molecule has 0 saturated carbocycles. The highest BCUT2D eigenvalue weighted by atomic mass is 16.3. The van der Waals surface area contributed by atoms with Crippen LogP contribution in [0.3, 0.4) is 0 Å². The third kappa shape index (κ3) is 5.09. The molecule has 0 bridgehead atoms. The minimum atomic E-state index is -0.511. The van der Waals surface area contributed by atoms with Crippen molar-refractivity contribution >= 4 is 5.91 Å². The van der Waals surface area contributed by atoms with Crippen LogP contribution in [0.25, 0.3) is 0 Å². The van der Waals surface area contributed by atoms with Gasteiger partial charge in [-0.1, -0.05) is 13.3 Å². The molecule has 0 aliphatic rings. The van der Waals surface area contributed by atoms with E-state index in [9.17, 15) is 4.79 Å². The van der Waals surface area contributed by atoms with Crippen molar-refractivity contribution in [3.63, 3.8) is 0 Å². The molecule has 72 valence electrons. The van der Waals surface area contributed by atoms with Crippen LogP contribution in [-0.4, -0.2) is 29.7 Å². The number of aliphatic hydroxyl groups excluding tert-OH is 1. The molecule has 4 N–H and O–H groups in total. The Labute approximate surface area is 73.1 Å². The van der Waals surface area contributed by atoms with E-state index >= 15 is 0 Å². The minimum Gasteiger partial charge on any atom is -0.392 e. The van der Waals surface area contributed by atoms with Crippen molar-refractivity contribution in [2.24, 2.45) is 5.73 Å². The Hall–Kier alpha value is -0.610. The van der Waals surface area contributed by atoms with Gasteiger partial charge in [0.25, 0.3) is 0 Å². The summed E-state index contributed by atoms with van der Waals surface area (Å²) >= 11 is 0. The van der Waals surface area contributed by atoms with Crippen LogP contribution < -0.4 is 11.1 Å². The van der Waals surface area contributed by atoms with Gasteiger partial charge < -0.3 is 16.2 Å². The molecule has 4 nitrogen and oxygen atoms in total. The van der Waals surface area contributed by atoms with E-state index in [4.69, 9.17) is 10.8 Å². The van der Waals surface area contributed by atoms with Crippen molar-refractivity contribution in [3.05, 3.63) is 0 Å². The average Bonchev–Trinajstić information content (AvgIpc) is 2.00. The molecule has 0 aliphatic carbocycles. The van der Waals surface area contributed by atoms with Gasteiger partial charge in [0, 0.05) is 6.54 Å². The third-order valence-electron chi connectivity index (χ3n) is 1.51. The van der Waals surface area contributed by atoms with Crippen LogP contribution in [0.4, 0.5) is 0 Å². The number of nitrogens with two attached hydrogens (primary N) is 1. The van der Waals surface area contributed by atoms with E-state index in [0.29, 0.717) is 6.42 Å². The molecule has 0 aromatic carbocycles. The van der Waals surface area contributed by atoms with Gasteiger partial charge in [0.15, 0.2) is 0 Å². The lowest BCUT2D eigenvalue weighted by Crippen LogP contribution is -2.42. The van der Waals surface area contributed by atoms with Crippen LogP contribution in [0.5, 0.6) is 0 Å². The Morgan fingerprint density at radius 1 is 1.67 bits per heavy atom. The fraction of sp³-hybridized carbons (Fsp3) is 0.875. The molecule has 0 heterocycles. The molecule has 4 heteroatoms. The number of carbonyl (C=O) groups is 1. The topological polar surface area (TPSA) is 75.4 Å². The molecule has 0 radical (unpaired) electrons. The maximum absolute atomic E-state index is 11.1. The molecule has 0 aromatic heterocycles. The van der Waals surface area contributed by atoms with Gasteiger partial charge in [0.05, 0.1) is 12.1 Å². The molecule has 0 aliphatic heterocycles.